The zero-order valence-corrected chi connectivity index (χ0v) is 20.1. The molecule has 1 aliphatic carbocycles. The molecule has 4 aromatic rings. The summed E-state index contributed by atoms with van der Waals surface area (Å²) >= 11 is 0. The number of amides is 2. The Morgan fingerprint density at radius 3 is 2.58 bits per heavy atom. The van der Waals surface area contributed by atoms with Crippen LogP contribution in [0.25, 0.3) is 22.2 Å². The van der Waals surface area contributed by atoms with E-state index in [0.717, 1.165) is 71.6 Å². The lowest BCUT2D eigenvalue weighted by atomic mass is 9.91. The van der Waals surface area contributed by atoms with Crippen molar-refractivity contribution in [3.8, 4) is 11.3 Å². The summed E-state index contributed by atoms with van der Waals surface area (Å²) in [4.78, 5) is 29.9. The smallest absolute Gasteiger partial charge is 0.253 e. The molecule has 1 aromatic heterocycles. The van der Waals surface area contributed by atoms with Crippen LogP contribution in [0.4, 0.5) is 5.69 Å². The molecular formula is C29H27N5O2. The second-order valence-corrected chi connectivity index (χ2v) is 10.3. The standard InChI is InChI=1S/C29H27N5O2/c1-33-12-14-34(15-13-33)27(35)19-8-6-18(7-9-19)26-21-11-10-20(16-25(21)31-32-26)23-17-29(23)22-4-2-3-5-24(22)30-28(29)36/h2-11,16,23H,12-15,17H2,1H3,(H,30,36)(H,31,32)/t23-,29?/m0/s1. The molecule has 7 nitrogen and oxygen atoms in total. The third kappa shape index (κ3) is 3.12. The highest BCUT2D eigenvalue weighted by molar-refractivity contribution is 6.10. The molecule has 36 heavy (non-hydrogen) atoms. The highest BCUT2D eigenvalue weighted by Gasteiger charge is 2.65. The predicted octanol–water partition coefficient (Wildman–Crippen LogP) is 3.99. The van der Waals surface area contributed by atoms with Gasteiger partial charge in [0.2, 0.25) is 5.91 Å². The van der Waals surface area contributed by atoms with Gasteiger partial charge in [-0.05, 0) is 48.9 Å². The third-order valence-electron chi connectivity index (χ3n) is 8.21. The maximum Gasteiger partial charge on any atom is 0.253 e. The molecule has 2 fully saturated rings. The van der Waals surface area contributed by atoms with Crippen LogP contribution >= 0.6 is 0 Å². The van der Waals surface area contributed by atoms with E-state index in [0.29, 0.717) is 5.56 Å². The monoisotopic (exact) mass is 477 g/mol. The van der Waals surface area contributed by atoms with Gasteiger partial charge in [0.05, 0.1) is 16.6 Å². The van der Waals surface area contributed by atoms with E-state index in [1.54, 1.807) is 0 Å². The number of hydrogen-bond acceptors (Lipinski definition) is 4. The van der Waals surface area contributed by atoms with Gasteiger partial charge in [-0.15, -0.1) is 0 Å². The van der Waals surface area contributed by atoms with E-state index in [4.69, 9.17) is 0 Å². The van der Waals surface area contributed by atoms with Crippen LogP contribution in [-0.4, -0.2) is 65.0 Å². The van der Waals surface area contributed by atoms with Crippen LogP contribution in [0.3, 0.4) is 0 Å². The minimum atomic E-state index is -0.445. The molecule has 2 amide bonds. The van der Waals surface area contributed by atoms with Crippen LogP contribution < -0.4 is 5.32 Å². The molecule has 0 bridgehead atoms. The second-order valence-electron chi connectivity index (χ2n) is 10.3. The zero-order valence-electron chi connectivity index (χ0n) is 20.1. The molecule has 3 heterocycles. The molecule has 1 unspecified atom stereocenters. The molecular weight excluding hydrogens is 450 g/mol. The number of nitrogens with one attached hydrogen (secondary N) is 2. The fourth-order valence-electron chi connectivity index (χ4n) is 5.99. The molecule has 1 spiro atoms. The van der Waals surface area contributed by atoms with E-state index in [1.165, 1.54) is 0 Å². The Balaban J connectivity index is 1.14. The van der Waals surface area contributed by atoms with Crippen molar-refractivity contribution >= 4 is 28.4 Å². The lowest BCUT2D eigenvalue weighted by molar-refractivity contribution is -0.118. The maximum atomic E-state index is 12.9. The van der Waals surface area contributed by atoms with Crippen molar-refractivity contribution in [2.24, 2.45) is 0 Å². The summed E-state index contributed by atoms with van der Waals surface area (Å²) in [6.45, 7) is 3.34. The predicted molar refractivity (Wildman–Crippen MR) is 139 cm³/mol. The third-order valence-corrected chi connectivity index (χ3v) is 8.21. The molecule has 1 saturated carbocycles. The molecule has 2 atom stereocenters. The first-order valence-electron chi connectivity index (χ1n) is 12.5. The van der Waals surface area contributed by atoms with Gasteiger partial charge in [0.25, 0.3) is 5.91 Å². The normalized spacial score (nSPS) is 23.2. The van der Waals surface area contributed by atoms with Crippen molar-refractivity contribution in [1.82, 2.24) is 20.0 Å². The zero-order chi connectivity index (χ0) is 24.4. The number of aromatic amines is 1. The van der Waals surface area contributed by atoms with Crippen molar-refractivity contribution in [3.63, 3.8) is 0 Å². The lowest BCUT2D eigenvalue weighted by Crippen LogP contribution is -2.47. The summed E-state index contributed by atoms with van der Waals surface area (Å²) in [6.07, 6.45) is 0.825. The van der Waals surface area contributed by atoms with Gasteiger partial charge < -0.3 is 15.1 Å². The van der Waals surface area contributed by atoms with Crippen molar-refractivity contribution in [2.75, 3.05) is 38.5 Å². The van der Waals surface area contributed by atoms with Crippen LogP contribution in [0.1, 0.15) is 33.8 Å². The number of fused-ring (bicyclic) bond motifs is 3. The van der Waals surface area contributed by atoms with Gasteiger partial charge in [-0.3, -0.25) is 14.7 Å². The first-order valence-corrected chi connectivity index (χ1v) is 12.5. The first kappa shape index (κ1) is 21.3. The number of carbonyl (C=O) groups excluding carboxylic acids is 2. The number of nitrogens with zero attached hydrogens (tertiary/aromatic N) is 3. The average molecular weight is 478 g/mol. The summed E-state index contributed by atoms with van der Waals surface area (Å²) in [6, 6.07) is 22.1. The number of piperazine rings is 1. The van der Waals surface area contributed by atoms with Gasteiger partial charge in [-0.2, -0.15) is 5.10 Å². The summed E-state index contributed by atoms with van der Waals surface area (Å²) < 4.78 is 0. The molecule has 3 aromatic carbocycles. The van der Waals surface area contributed by atoms with E-state index in [1.807, 2.05) is 47.4 Å². The Labute approximate surface area is 209 Å². The van der Waals surface area contributed by atoms with E-state index in [2.05, 4.69) is 51.7 Å². The van der Waals surface area contributed by atoms with E-state index in [9.17, 15) is 9.59 Å². The average Bonchev–Trinajstić information content (AvgIpc) is 3.43. The first-order chi connectivity index (χ1) is 17.5. The summed E-state index contributed by atoms with van der Waals surface area (Å²) in [5.74, 6) is 0.351. The minimum absolute atomic E-state index is 0.0852. The number of para-hydroxylation sites is 1. The quantitative estimate of drug-likeness (QED) is 0.468. The topological polar surface area (TPSA) is 81.3 Å². The number of benzene rings is 3. The number of anilines is 1. The highest BCUT2D eigenvalue weighted by Crippen LogP contribution is 2.65. The van der Waals surface area contributed by atoms with Crippen molar-refractivity contribution in [2.45, 2.75) is 17.8 Å². The highest BCUT2D eigenvalue weighted by atomic mass is 16.2. The van der Waals surface area contributed by atoms with Crippen molar-refractivity contribution in [1.29, 1.82) is 0 Å². The van der Waals surface area contributed by atoms with Gasteiger partial charge in [0.15, 0.2) is 0 Å². The summed E-state index contributed by atoms with van der Waals surface area (Å²) in [7, 11) is 2.08. The number of aromatic nitrogens is 2. The van der Waals surface area contributed by atoms with Crippen LogP contribution in [0, 0.1) is 0 Å². The molecule has 180 valence electrons. The Bertz CT molecular complexity index is 1520. The van der Waals surface area contributed by atoms with Crippen LogP contribution in [-0.2, 0) is 10.2 Å². The Hall–Kier alpha value is -3.97. The molecule has 3 aliphatic rings. The molecule has 7 rings (SSSR count). The Morgan fingerprint density at radius 1 is 1.00 bits per heavy atom. The Morgan fingerprint density at radius 2 is 1.78 bits per heavy atom. The number of carbonyl (C=O) groups is 2. The van der Waals surface area contributed by atoms with Crippen LogP contribution in [0.2, 0.25) is 0 Å². The molecule has 2 N–H and O–H groups in total. The minimum Gasteiger partial charge on any atom is -0.336 e. The largest absolute Gasteiger partial charge is 0.336 e. The van der Waals surface area contributed by atoms with Gasteiger partial charge >= 0.3 is 0 Å². The lowest BCUT2D eigenvalue weighted by Gasteiger charge is -2.32. The fourth-order valence-corrected chi connectivity index (χ4v) is 5.99. The molecule has 7 heteroatoms. The Kier molecular flexibility index (Phi) is 4.60. The van der Waals surface area contributed by atoms with E-state index in [-0.39, 0.29) is 17.7 Å². The van der Waals surface area contributed by atoms with E-state index >= 15 is 0 Å². The number of hydrogen-bond donors (Lipinski definition) is 2. The van der Waals surface area contributed by atoms with Crippen molar-refractivity contribution in [3.05, 3.63) is 83.4 Å². The maximum absolute atomic E-state index is 12.9. The SMILES string of the molecule is CN1CCN(C(=O)c2ccc(-c3n[nH]c4cc([C@@H]5CC56C(=O)Nc5ccccc56)ccc34)cc2)CC1. The van der Waals surface area contributed by atoms with E-state index < -0.39 is 5.41 Å². The molecule has 2 aliphatic heterocycles. The van der Waals surface area contributed by atoms with Gasteiger partial charge in [0.1, 0.15) is 0 Å². The number of likely N-dealkylation sites (N-methyl/N-ethyl adjacent to an activating group) is 1. The summed E-state index contributed by atoms with van der Waals surface area (Å²) in [5.41, 5.74) is 6.24. The van der Waals surface area contributed by atoms with Crippen molar-refractivity contribution < 1.29 is 9.59 Å². The van der Waals surface area contributed by atoms with Crippen LogP contribution in [0.15, 0.2) is 66.7 Å². The van der Waals surface area contributed by atoms with Gasteiger partial charge in [-0.1, -0.05) is 42.5 Å². The van der Waals surface area contributed by atoms with Crippen LogP contribution in [0.5, 0.6) is 0 Å². The molecule has 1 saturated heterocycles. The van der Waals surface area contributed by atoms with Gasteiger partial charge in [-0.25, -0.2) is 0 Å². The number of H-pyrrole nitrogens is 1. The number of rotatable bonds is 3. The molecule has 0 radical (unpaired) electrons. The second kappa shape index (κ2) is 7.77. The fraction of sp³-hybridized carbons (Fsp3) is 0.276. The van der Waals surface area contributed by atoms with Gasteiger partial charge in [0, 0.05) is 54.3 Å². The summed E-state index contributed by atoms with van der Waals surface area (Å²) in [5, 5.41) is 11.9.